The fourth-order valence-electron chi connectivity index (χ4n) is 5.36. The van der Waals surface area contributed by atoms with E-state index in [1.807, 2.05) is 6.26 Å². The Morgan fingerprint density at radius 2 is 2.23 bits per heavy atom. The van der Waals surface area contributed by atoms with Crippen LogP contribution in [-0.4, -0.2) is 0 Å². The first-order valence-corrected chi connectivity index (χ1v) is 8.59. The summed E-state index contributed by atoms with van der Waals surface area (Å²) in [5.41, 5.74) is 2.77. The van der Waals surface area contributed by atoms with Crippen LogP contribution >= 0.6 is 0 Å². The average Bonchev–Trinajstić information content (AvgIpc) is 2.99. The van der Waals surface area contributed by atoms with E-state index in [4.69, 9.17) is 4.42 Å². The van der Waals surface area contributed by atoms with Crippen molar-refractivity contribution in [2.45, 2.75) is 58.8 Å². The lowest BCUT2D eigenvalue weighted by Crippen LogP contribution is -2.50. The summed E-state index contributed by atoms with van der Waals surface area (Å²) < 4.78 is 5.20. The van der Waals surface area contributed by atoms with E-state index < -0.39 is 0 Å². The zero-order valence-corrected chi connectivity index (χ0v) is 13.9. The van der Waals surface area contributed by atoms with Gasteiger partial charge < -0.3 is 4.42 Å². The standard InChI is InChI=1S/C20H27NO/c1-15-5-8-18-19(2,14-21)10-4-11-20(18,3)17(15)7-6-16-9-12-22-13-16/h9,12-13,17-18H,1,4-8,10-11H2,2-3H3/t17-,18-,19+,20+/m0/s1. The molecule has 3 rings (SSSR count). The lowest BCUT2D eigenvalue weighted by molar-refractivity contribution is -0.0363. The fraction of sp³-hybridized carbons (Fsp3) is 0.650. The van der Waals surface area contributed by atoms with E-state index in [9.17, 15) is 5.26 Å². The van der Waals surface area contributed by atoms with Gasteiger partial charge in [-0.2, -0.15) is 5.26 Å². The maximum Gasteiger partial charge on any atom is 0.0934 e. The Bertz CT molecular complexity index is 581. The van der Waals surface area contributed by atoms with Crippen LogP contribution in [0.25, 0.3) is 0 Å². The second-order valence-electron chi connectivity index (χ2n) is 7.86. The highest BCUT2D eigenvalue weighted by atomic mass is 16.3. The van der Waals surface area contributed by atoms with Crippen LogP contribution in [0.5, 0.6) is 0 Å². The van der Waals surface area contributed by atoms with Crippen LogP contribution in [0.2, 0.25) is 0 Å². The van der Waals surface area contributed by atoms with Gasteiger partial charge in [-0.3, -0.25) is 0 Å². The molecule has 0 aliphatic heterocycles. The van der Waals surface area contributed by atoms with E-state index >= 15 is 0 Å². The molecule has 0 radical (unpaired) electrons. The molecular formula is C20H27NO. The number of hydrogen-bond donors (Lipinski definition) is 0. The smallest absolute Gasteiger partial charge is 0.0934 e. The summed E-state index contributed by atoms with van der Waals surface area (Å²) in [6.07, 6.45) is 11.5. The van der Waals surface area contributed by atoms with Gasteiger partial charge in [0.1, 0.15) is 0 Å². The highest BCUT2D eigenvalue weighted by Gasteiger charge is 2.54. The second-order valence-corrected chi connectivity index (χ2v) is 7.86. The monoisotopic (exact) mass is 297 g/mol. The fourth-order valence-corrected chi connectivity index (χ4v) is 5.36. The lowest BCUT2D eigenvalue weighted by Gasteiger charge is -2.56. The van der Waals surface area contributed by atoms with E-state index in [2.05, 4.69) is 32.6 Å². The SMILES string of the molecule is C=C1CC[C@@H]2[C@](C)(CCC[C@]2(C)C#N)[C@H]1CCc1ccoc1. The highest BCUT2D eigenvalue weighted by Crippen LogP contribution is 2.61. The molecule has 0 N–H and O–H groups in total. The summed E-state index contributed by atoms with van der Waals surface area (Å²) in [7, 11) is 0. The molecule has 0 saturated heterocycles. The van der Waals surface area contributed by atoms with Gasteiger partial charge in [0.05, 0.1) is 24.0 Å². The van der Waals surface area contributed by atoms with Crippen molar-refractivity contribution in [3.63, 3.8) is 0 Å². The molecular weight excluding hydrogens is 270 g/mol. The molecule has 2 heteroatoms. The summed E-state index contributed by atoms with van der Waals surface area (Å²) in [6, 6.07) is 4.73. The molecule has 1 heterocycles. The van der Waals surface area contributed by atoms with Gasteiger partial charge in [0.2, 0.25) is 0 Å². The first-order valence-electron chi connectivity index (χ1n) is 8.59. The van der Waals surface area contributed by atoms with E-state index in [1.165, 1.54) is 24.0 Å². The third-order valence-electron chi connectivity index (χ3n) is 6.58. The van der Waals surface area contributed by atoms with Crippen molar-refractivity contribution in [2.24, 2.45) is 22.7 Å². The quantitative estimate of drug-likeness (QED) is 0.689. The number of hydrogen-bond acceptors (Lipinski definition) is 2. The zero-order valence-electron chi connectivity index (χ0n) is 13.9. The summed E-state index contributed by atoms with van der Waals surface area (Å²) >= 11 is 0. The van der Waals surface area contributed by atoms with Gasteiger partial charge in [-0.05, 0) is 74.3 Å². The third-order valence-corrected chi connectivity index (χ3v) is 6.58. The number of nitrogens with zero attached hydrogens (tertiary/aromatic N) is 1. The molecule has 2 aliphatic rings. The number of furan rings is 1. The van der Waals surface area contributed by atoms with E-state index in [-0.39, 0.29) is 10.8 Å². The molecule has 2 fully saturated rings. The molecule has 0 bridgehead atoms. The zero-order chi connectivity index (χ0) is 15.8. The van der Waals surface area contributed by atoms with Crippen molar-refractivity contribution in [1.82, 2.24) is 0 Å². The van der Waals surface area contributed by atoms with Crippen molar-refractivity contribution in [1.29, 1.82) is 5.26 Å². The van der Waals surface area contributed by atoms with Crippen molar-refractivity contribution in [3.8, 4) is 6.07 Å². The highest BCUT2D eigenvalue weighted by molar-refractivity contribution is 5.20. The second kappa shape index (κ2) is 5.61. The van der Waals surface area contributed by atoms with Crippen molar-refractivity contribution < 1.29 is 4.42 Å². The molecule has 4 atom stereocenters. The lowest BCUT2D eigenvalue weighted by atomic mass is 9.47. The van der Waals surface area contributed by atoms with Gasteiger partial charge >= 0.3 is 0 Å². The summed E-state index contributed by atoms with van der Waals surface area (Å²) in [4.78, 5) is 0. The molecule has 118 valence electrons. The minimum Gasteiger partial charge on any atom is -0.472 e. The Balaban J connectivity index is 1.84. The van der Waals surface area contributed by atoms with Crippen LogP contribution < -0.4 is 0 Å². The van der Waals surface area contributed by atoms with Crippen LogP contribution in [0.3, 0.4) is 0 Å². The topological polar surface area (TPSA) is 36.9 Å². The predicted octanol–water partition coefficient (Wildman–Crippen LogP) is 5.51. The van der Waals surface area contributed by atoms with Gasteiger partial charge in [0.25, 0.3) is 0 Å². The Morgan fingerprint density at radius 3 is 2.91 bits per heavy atom. The summed E-state index contributed by atoms with van der Waals surface area (Å²) in [5, 5.41) is 9.75. The normalized spacial score (nSPS) is 38.3. The molecule has 0 amide bonds. The van der Waals surface area contributed by atoms with Crippen LogP contribution in [0.1, 0.15) is 57.9 Å². The largest absolute Gasteiger partial charge is 0.472 e. The molecule has 1 aromatic rings. The van der Waals surface area contributed by atoms with Crippen LogP contribution in [0, 0.1) is 34.0 Å². The molecule has 2 aliphatic carbocycles. The molecule has 0 spiro atoms. The number of fused-ring (bicyclic) bond motifs is 1. The van der Waals surface area contributed by atoms with Crippen LogP contribution in [-0.2, 0) is 6.42 Å². The molecule has 22 heavy (non-hydrogen) atoms. The Kier molecular flexibility index (Phi) is 3.93. The Labute approximate surface area is 134 Å². The van der Waals surface area contributed by atoms with Crippen LogP contribution in [0.4, 0.5) is 0 Å². The molecule has 0 aromatic carbocycles. The maximum absolute atomic E-state index is 9.75. The minimum absolute atomic E-state index is 0.151. The van der Waals surface area contributed by atoms with Crippen molar-refractivity contribution in [3.05, 3.63) is 36.3 Å². The molecule has 2 nitrogen and oxygen atoms in total. The third kappa shape index (κ3) is 2.41. The summed E-state index contributed by atoms with van der Waals surface area (Å²) in [6.45, 7) is 9.02. The molecule has 1 aromatic heterocycles. The summed E-state index contributed by atoms with van der Waals surface area (Å²) in [5.74, 6) is 1.05. The van der Waals surface area contributed by atoms with Gasteiger partial charge in [-0.1, -0.05) is 25.5 Å². The van der Waals surface area contributed by atoms with E-state index in [1.54, 1.807) is 6.26 Å². The Hall–Kier alpha value is -1.49. The minimum atomic E-state index is -0.151. The van der Waals surface area contributed by atoms with Gasteiger partial charge in [-0.25, -0.2) is 0 Å². The van der Waals surface area contributed by atoms with Gasteiger partial charge in [0.15, 0.2) is 0 Å². The number of aryl methyl sites for hydroxylation is 1. The molecule has 2 saturated carbocycles. The number of nitriles is 1. The van der Waals surface area contributed by atoms with E-state index in [0.29, 0.717) is 11.8 Å². The Morgan fingerprint density at radius 1 is 1.41 bits per heavy atom. The van der Waals surface area contributed by atoms with Gasteiger partial charge in [-0.15, -0.1) is 0 Å². The maximum atomic E-state index is 9.75. The van der Waals surface area contributed by atoms with Crippen molar-refractivity contribution >= 4 is 0 Å². The predicted molar refractivity (Wildman–Crippen MR) is 88.1 cm³/mol. The number of allylic oxidation sites excluding steroid dienone is 1. The van der Waals surface area contributed by atoms with Crippen LogP contribution in [0.15, 0.2) is 35.2 Å². The number of rotatable bonds is 3. The van der Waals surface area contributed by atoms with E-state index in [0.717, 1.165) is 32.1 Å². The first kappa shape index (κ1) is 15.4. The average molecular weight is 297 g/mol. The first-order chi connectivity index (χ1) is 10.5. The van der Waals surface area contributed by atoms with Gasteiger partial charge in [0, 0.05) is 0 Å². The van der Waals surface area contributed by atoms with Crippen molar-refractivity contribution in [2.75, 3.05) is 0 Å². The molecule has 0 unspecified atom stereocenters.